The summed E-state index contributed by atoms with van der Waals surface area (Å²) in [6.45, 7) is 2.14. The first-order chi connectivity index (χ1) is 9.65. The van der Waals surface area contributed by atoms with Crippen molar-refractivity contribution in [3.63, 3.8) is 0 Å². The molecule has 0 radical (unpaired) electrons. The molecule has 0 unspecified atom stereocenters. The predicted molar refractivity (Wildman–Crippen MR) is 76.1 cm³/mol. The van der Waals surface area contributed by atoms with Gasteiger partial charge in [0.25, 0.3) is 5.56 Å². The van der Waals surface area contributed by atoms with Crippen LogP contribution in [0.3, 0.4) is 0 Å². The molecule has 0 bridgehead atoms. The van der Waals surface area contributed by atoms with E-state index in [1.165, 1.54) is 4.57 Å². The van der Waals surface area contributed by atoms with Crippen molar-refractivity contribution in [1.82, 2.24) is 19.7 Å². The summed E-state index contributed by atoms with van der Waals surface area (Å²) >= 11 is 5.23. The number of nitrogens with one attached hydrogen (secondary N) is 1. The number of benzene rings is 1. The maximum Gasteiger partial charge on any atom is 0.262 e. The van der Waals surface area contributed by atoms with Gasteiger partial charge in [0.1, 0.15) is 0 Å². The Labute approximate surface area is 119 Å². The summed E-state index contributed by atoms with van der Waals surface area (Å²) in [6, 6.07) is 7.30. The molecule has 7 heteroatoms. The molecule has 0 aliphatic rings. The number of aromatic amines is 1. The summed E-state index contributed by atoms with van der Waals surface area (Å²) in [5, 5.41) is 4.42. The van der Waals surface area contributed by atoms with E-state index in [0.717, 1.165) is 5.52 Å². The Kier molecular flexibility index (Phi) is 3.19. The summed E-state index contributed by atoms with van der Waals surface area (Å²) in [6.07, 6.45) is 0.493. The Morgan fingerprint density at radius 1 is 1.40 bits per heavy atom. The van der Waals surface area contributed by atoms with Gasteiger partial charge in [-0.2, -0.15) is 4.98 Å². The van der Waals surface area contributed by atoms with Crippen molar-refractivity contribution in [2.24, 2.45) is 0 Å². The van der Waals surface area contributed by atoms with E-state index < -0.39 is 0 Å². The fraction of sp³-hybridized carbons (Fsp3) is 0.231. The van der Waals surface area contributed by atoms with Crippen LogP contribution in [0.2, 0.25) is 0 Å². The van der Waals surface area contributed by atoms with E-state index in [2.05, 4.69) is 15.1 Å². The first-order valence-corrected chi connectivity index (χ1v) is 6.57. The van der Waals surface area contributed by atoms with Gasteiger partial charge in [0, 0.05) is 19.9 Å². The predicted octanol–water partition coefficient (Wildman–Crippen LogP) is 1.99. The van der Waals surface area contributed by atoms with Crippen LogP contribution in [0.25, 0.3) is 10.9 Å². The Morgan fingerprint density at radius 2 is 2.20 bits per heavy atom. The van der Waals surface area contributed by atoms with Gasteiger partial charge in [-0.1, -0.05) is 17.3 Å². The molecule has 2 heterocycles. The van der Waals surface area contributed by atoms with Crippen LogP contribution in [0.15, 0.2) is 33.6 Å². The molecule has 0 fully saturated rings. The molecule has 0 amide bonds. The van der Waals surface area contributed by atoms with Crippen LogP contribution in [0, 0.1) is 11.7 Å². The number of H-pyrrole nitrogens is 1. The molecule has 20 heavy (non-hydrogen) atoms. The molecule has 0 atom stereocenters. The number of aromatic nitrogens is 4. The Hall–Kier alpha value is -2.28. The first kappa shape index (κ1) is 12.7. The van der Waals surface area contributed by atoms with Crippen molar-refractivity contribution in [3.05, 3.63) is 51.1 Å². The van der Waals surface area contributed by atoms with Crippen molar-refractivity contribution in [1.29, 1.82) is 0 Å². The summed E-state index contributed by atoms with van der Waals surface area (Å²) < 4.78 is 6.82. The molecule has 1 aromatic carbocycles. The monoisotopic (exact) mass is 288 g/mol. The smallest absolute Gasteiger partial charge is 0.262 e. The fourth-order valence-electron chi connectivity index (χ4n) is 2.06. The lowest BCUT2D eigenvalue weighted by Gasteiger charge is -2.06. The van der Waals surface area contributed by atoms with E-state index in [0.29, 0.717) is 34.8 Å². The van der Waals surface area contributed by atoms with Crippen LogP contribution in [0.4, 0.5) is 0 Å². The zero-order valence-corrected chi connectivity index (χ0v) is 11.6. The Bertz CT molecular complexity index is 878. The minimum atomic E-state index is -0.107. The third-order valence-electron chi connectivity index (χ3n) is 3.02. The fourth-order valence-corrected chi connectivity index (χ4v) is 2.34. The number of para-hydroxylation sites is 1. The highest BCUT2D eigenvalue weighted by molar-refractivity contribution is 7.71. The molecule has 1 N–H and O–H groups in total. The second kappa shape index (κ2) is 5.01. The quantitative estimate of drug-likeness (QED) is 0.746. The van der Waals surface area contributed by atoms with Crippen LogP contribution in [-0.2, 0) is 13.0 Å². The van der Waals surface area contributed by atoms with E-state index in [9.17, 15) is 4.79 Å². The molecule has 0 saturated carbocycles. The van der Waals surface area contributed by atoms with E-state index in [4.69, 9.17) is 16.7 Å². The number of hydrogen-bond acceptors (Lipinski definition) is 5. The summed E-state index contributed by atoms with van der Waals surface area (Å²) in [4.78, 5) is 19.6. The van der Waals surface area contributed by atoms with Crippen LogP contribution in [-0.4, -0.2) is 19.7 Å². The van der Waals surface area contributed by atoms with Crippen molar-refractivity contribution >= 4 is 23.1 Å². The van der Waals surface area contributed by atoms with Crippen LogP contribution >= 0.6 is 12.2 Å². The normalized spacial score (nSPS) is 11.1. The maximum absolute atomic E-state index is 12.4. The third-order valence-corrected chi connectivity index (χ3v) is 3.34. The molecule has 0 saturated heterocycles. The van der Waals surface area contributed by atoms with Gasteiger partial charge >= 0.3 is 0 Å². The Balaban J connectivity index is 1.99. The lowest BCUT2D eigenvalue weighted by atomic mass is 10.2. The van der Waals surface area contributed by atoms with Crippen molar-refractivity contribution in [3.8, 4) is 0 Å². The van der Waals surface area contributed by atoms with E-state index in [1.807, 2.05) is 18.2 Å². The Morgan fingerprint density at radius 3 is 2.95 bits per heavy atom. The lowest BCUT2D eigenvalue weighted by Crippen LogP contribution is -2.23. The van der Waals surface area contributed by atoms with Crippen LogP contribution < -0.4 is 5.56 Å². The minimum Gasteiger partial charge on any atom is -0.340 e. The molecule has 0 aliphatic carbocycles. The zero-order valence-electron chi connectivity index (χ0n) is 10.8. The molecular formula is C13H12N4O2S. The van der Waals surface area contributed by atoms with Crippen molar-refractivity contribution in [2.45, 2.75) is 19.9 Å². The van der Waals surface area contributed by atoms with Crippen molar-refractivity contribution in [2.75, 3.05) is 0 Å². The molecular weight excluding hydrogens is 276 g/mol. The molecule has 3 rings (SSSR count). The van der Waals surface area contributed by atoms with Gasteiger partial charge in [-0.3, -0.25) is 9.36 Å². The SMILES string of the molecule is Cc1nc(CCn2c(=S)[nH]c3ccccc3c2=O)no1. The number of rotatable bonds is 3. The summed E-state index contributed by atoms with van der Waals surface area (Å²) in [5.41, 5.74) is 0.638. The molecule has 0 aliphatic heterocycles. The highest BCUT2D eigenvalue weighted by Crippen LogP contribution is 2.06. The highest BCUT2D eigenvalue weighted by Gasteiger charge is 2.07. The second-order valence-electron chi connectivity index (χ2n) is 4.41. The number of hydrogen-bond donors (Lipinski definition) is 1. The van der Waals surface area contributed by atoms with E-state index in [1.54, 1.807) is 13.0 Å². The topological polar surface area (TPSA) is 76.7 Å². The van der Waals surface area contributed by atoms with Crippen LogP contribution in [0.1, 0.15) is 11.7 Å². The second-order valence-corrected chi connectivity index (χ2v) is 4.80. The molecule has 3 aromatic rings. The third kappa shape index (κ3) is 2.27. The average molecular weight is 288 g/mol. The minimum absolute atomic E-state index is 0.107. The molecule has 102 valence electrons. The largest absolute Gasteiger partial charge is 0.340 e. The summed E-state index contributed by atoms with van der Waals surface area (Å²) in [7, 11) is 0. The van der Waals surface area contributed by atoms with Gasteiger partial charge in [0.05, 0.1) is 10.9 Å². The number of fused-ring (bicyclic) bond motifs is 1. The van der Waals surface area contributed by atoms with Gasteiger partial charge in [-0.25, -0.2) is 0 Å². The van der Waals surface area contributed by atoms with Gasteiger partial charge in [-0.05, 0) is 24.4 Å². The van der Waals surface area contributed by atoms with E-state index >= 15 is 0 Å². The molecule has 6 nitrogen and oxygen atoms in total. The van der Waals surface area contributed by atoms with Crippen molar-refractivity contribution < 1.29 is 4.52 Å². The molecule has 0 spiro atoms. The standard InChI is InChI=1S/C13H12N4O2S/c1-8-14-11(16-19-8)6-7-17-12(18)9-4-2-3-5-10(9)15-13(17)20/h2-5H,6-7H2,1H3,(H,15,20). The summed E-state index contributed by atoms with van der Waals surface area (Å²) in [5.74, 6) is 1.08. The van der Waals surface area contributed by atoms with E-state index in [-0.39, 0.29) is 5.56 Å². The zero-order chi connectivity index (χ0) is 14.1. The van der Waals surface area contributed by atoms with Crippen LogP contribution in [0.5, 0.6) is 0 Å². The number of nitrogens with zero attached hydrogens (tertiary/aromatic N) is 3. The van der Waals surface area contributed by atoms with Gasteiger partial charge in [-0.15, -0.1) is 0 Å². The first-order valence-electron chi connectivity index (χ1n) is 6.16. The highest BCUT2D eigenvalue weighted by atomic mass is 32.1. The average Bonchev–Trinajstić information content (AvgIpc) is 2.84. The van der Waals surface area contributed by atoms with Gasteiger partial charge in [0.15, 0.2) is 10.6 Å². The molecule has 2 aromatic heterocycles. The maximum atomic E-state index is 12.4. The van der Waals surface area contributed by atoms with Gasteiger partial charge < -0.3 is 9.51 Å². The lowest BCUT2D eigenvalue weighted by molar-refractivity contribution is 0.386. The number of aryl methyl sites for hydroxylation is 2. The van der Waals surface area contributed by atoms with Gasteiger partial charge in [0.2, 0.25) is 5.89 Å².